The number of aromatic nitrogens is 3. The molecule has 0 aliphatic carbocycles. The molecule has 0 saturated carbocycles. The topological polar surface area (TPSA) is 59.9 Å². The van der Waals surface area contributed by atoms with Gasteiger partial charge in [0.15, 0.2) is 0 Å². The van der Waals surface area contributed by atoms with Crippen LogP contribution in [0.25, 0.3) is 0 Å². The average Bonchev–Trinajstić information content (AvgIpc) is 2.80. The van der Waals surface area contributed by atoms with Crippen LogP contribution in [0.4, 0.5) is 5.13 Å². The number of hydrogen-bond acceptors (Lipinski definition) is 6. The Morgan fingerprint density at radius 3 is 3.06 bits per heavy atom. The van der Waals surface area contributed by atoms with Crippen LogP contribution < -0.4 is 10.1 Å². The van der Waals surface area contributed by atoms with Crippen LogP contribution in [0.5, 0.6) is 5.88 Å². The standard InChI is InChI=1S/C11H14N4OS/c1-8(2)16-10-9(4-3-5-12-10)6-13-11-15-14-7-17-11/h3-5,7-8H,6H2,1-2H3,(H,13,15). The number of nitrogens with one attached hydrogen (secondary N) is 1. The van der Waals surface area contributed by atoms with E-state index in [2.05, 4.69) is 20.5 Å². The molecule has 0 bridgehead atoms. The first-order valence-electron chi connectivity index (χ1n) is 5.36. The summed E-state index contributed by atoms with van der Waals surface area (Å²) >= 11 is 1.47. The largest absolute Gasteiger partial charge is 0.475 e. The molecule has 0 atom stereocenters. The van der Waals surface area contributed by atoms with Crippen LogP contribution in [0.15, 0.2) is 23.8 Å². The molecule has 0 saturated heterocycles. The van der Waals surface area contributed by atoms with Crippen molar-refractivity contribution in [2.24, 2.45) is 0 Å². The summed E-state index contributed by atoms with van der Waals surface area (Å²) in [6.45, 7) is 4.60. The van der Waals surface area contributed by atoms with Gasteiger partial charge in [-0.15, -0.1) is 10.2 Å². The highest BCUT2D eigenvalue weighted by atomic mass is 32.1. The molecule has 1 N–H and O–H groups in total. The average molecular weight is 250 g/mol. The quantitative estimate of drug-likeness (QED) is 0.882. The zero-order chi connectivity index (χ0) is 12.1. The maximum atomic E-state index is 5.63. The zero-order valence-electron chi connectivity index (χ0n) is 9.75. The van der Waals surface area contributed by atoms with E-state index in [1.54, 1.807) is 11.7 Å². The van der Waals surface area contributed by atoms with E-state index in [9.17, 15) is 0 Å². The van der Waals surface area contributed by atoms with Crippen molar-refractivity contribution in [3.05, 3.63) is 29.4 Å². The summed E-state index contributed by atoms with van der Waals surface area (Å²) in [6.07, 6.45) is 1.84. The Morgan fingerprint density at radius 2 is 2.35 bits per heavy atom. The first-order valence-corrected chi connectivity index (χ1v) is 6.24. The number of hydrogen-bond donors (Lipinski definition) is 1. The minimum Gasteiger partial charge on any atom is -0.475 e. The lowest BCUT2D eigenvalue weighted by molar-refractivity contribution is 0.230. The highest BCUT2D eigenvalue weighted by Gasteiger charge is 2.06. The van der Waals surface area contributed by atoms with Gasteiger partial charge in [-0.05, 0) is 19.9 Å². The zero-order valence-corrected chi connectivity index (χ0v) is 10.6. The first kappa shape index (κ1) is 11.8. The van der Waals surface area contributed by atoms with Crippen molar-refractivity contribution >= 4 is 16.5 Å². The van der Waals surface area contributed by atoms with Crippen LogP contribution in [0.1, 0.15) is 19.4 Å². The normalized spacial score (nSPS) is 10.5. The molecule has 0 unspecified atom stereocenters. The Bertz CT molecular complexity index is 458. The van der Waals surface area contributed by atoms with Crippen molar-refractivity contribution < 1.29 is 4.74 Å². The molecule has 0 spiro atoms. The predicted octanol–water partition coefficient (Wildman–Crippen LogP) is 2.33. The third-order valence-corrected chi connectivity index (χ3v) is 2.64. The third kappa shape index (κ3) is 3.39. The lowest BCUT2D eigenvalue weighted by atomic mass is 10.2. The molecule has 17 heavy (non-hydrogen) atoms. The fourth-order valence-corrected chi connectivity index (χ4v) is 1.75. The van der Waals surface area contributed by atoms with Crippen molar-refractivity contribution in [1.29, 1.82) is 0 Å². The number of rotatable bonds is 5. The van der Waals surface area contributed by atoms with E-state index < -0.39 is 0 Å². The summed E-state index contributed by atoms with van der Waals surface area (Å²) in [5, 5.41) is 11.7. The van der Waals surface area contributed by atoms with Crippen molar-refractivity contribution in [3.63, 3.8) is 0 Å². The first-order chi connectivity index (χ1) is 8.25. The summed E-state index contributed by atoms with van der Waals surface area (Å²) in [4.78, 5) is 4.22. The molecule has 2 aromatic rings. The maximum Gasteiger partial charge on any atom is 0.218 e. The second-order valence-electron chi connectivity index (χ2n) is 3.73. The molecule has 90 valence electrons. The number of pyridine rings is 1. The second kappa shape index (κ2) is 5.58. The Balaban J connectivity index is 2.04. The maximum absolute atomic E-state index is 5.63. The summed E-state index contributed by atoms with van der Waals surface area (Å²) in [5.74, 6) is 0.666. The molecule has 0 amide bonds. The van der Waals surface area contributed by atoms with Crippen LogP contribution >= 0.6 is 11.3 Å². The SMILES string of the molecule is CC(C)Oc1ncccc1CNc1nncs1. The Hall–Kier alpha value is -1.69. The van der Waals surface area contributed by atoms with E-state index in [0.29, 0.717) is 12.4 Å². The minimum atomic E-state index is 0.116. The fourth-order valence-electron chi connectivity index (χ4n) is 1.31. The molecule has 2 aromatic heterocycles. The Labute approximate surface area is 104 Å². The van der Waals surface area contributed by atoms with Gasteiger partial charge < -0.3 is 10.1 Å². The van der Waals surface area contributed by atoms with E-state index in [1.165, 1.54) is 11.3 Å². The van der Waals surface area contributed by atoms with Gasteiger partial charge in [0, 0.05) is 18.3 Å². The molecule has 2 heterocycles. The van der Waals surface area contributed by atoms with Crippen LogP contribution in [0.2, 0.25) is 0 Å². The van der Waals surface area contributed by atoms with Crippen molar-refractivity contribution in [2.75, 3.05) is 5.32 Å². The molecule has 5 nitrogen and oxygen atoms in total. The summed E-state index contributed by atoms with van der Waals surface area (Å²) in [6, 6.07) is 3.88. The summed E-state index contributed by atoms with van der Waals surface area (Å²) in [5.41, 5.74) is 2.70. The molecule has 0 aromatic carbocycles. The molecule has 0 aliphatic rings. The van der Waals surface area contributed by atoms with E-state index in [0.717, 1.165) is 10.7 Å². The van der Waals surface area contributed by atoms with Crippen molar-refractivity contribution in [2.45, 2.75) is 26.5 Å². The molecular weight excluding hydrogens is 236 g/mol. The van der Waals surface area contributed by atoms with Crippen LogP contribution in [-0.4, -0.2) is 21.3 Å². The highest BCUT2D eigenvalue weighted by molar-refractivity contribution is 7.13. The van der Waals surface area contributed by atoms with Gasteiger partial charge in [0.2, 0.25) is 11.0 Å². The molecular formula is C11H14N4OS. The van der Waals surface area contributed by atoms with E-state index in [4.69, 9.17) is 4.74 Å². The van der Waals surface area contributed by atoms with E-state index in [-0.39, 0.29) is 6.10 Å². The number of anilines is 1. The lowest BCUT2D eigenvalue weighted by Gasteiger charge is -2.12. The molecule has 6 heteroatoms. The van der Waals surface area contributed by atoms with Crippen molar-refractivity contribution in [3.8, 4) is 5.88 Å². The lowest BCUT2D eigenvalue weighted by Crippen LogP contribution is -2.10. The summed E-state index contributed by atoms with van der Waals surface area (Å²) in [7, 11) is 0. The van der Waals surface area contributed by atoms with Crippen LogP contribution in [-0.2, 0) is 6.54 Å². The Kier molecular flexibility index (Phi) is 3.87. The molecule has 0 fully saturated rings. The van der Waals surface area contributed by atoms with Gasteiger partial charge in [-0.2, -0.15) is 0 Å². The van der Waals surface area contributed by atoms with Gasteiger partial charge in [0.1, 0.15) is 5.51 Å². The number of nitrogens with zero attached hydrogens (tertiary/aromatic N) is 3. The number of ether oxygens (including phenoxy) is 1. The monoisotopic (exact) mass is 250 g/mol. The fraction of sp³-hybridized carbons (Fsp3) is 0.364. The minimum absolute atomic E-state index is 0.116. The van der Waals surface area contributed by atoms with Crippen molar-refractivity contribution in [1.82, 2.24) is 15.2 Å². The van der Waals surface area contributed by atoms with Gasteiger partial charge in [-0.25, -0.2) is 4.98 Å². The van der Waals surface area contributed by atoms with Gasteiger partial charge in [0.25, 0.3) is 0 Å². The molecule has 2 rings (SSSR count). The highest BCUT2D eigenvalue weighted by Crippen LogP contribution is 2.18. The Morgan fingerprint density at radius 1 is 1.47 bits per heavy atom. The molecule has 0 radical (unpaired) electrons. The third-order valence-electron chi connectivity index (χ3n) is 1.99. The van der Waals surface area contributed by atoms with Crippen LogP contribution in [0, 0.1) is 0 Å². The second-order valence-corrected chi connectivity index (χ2v) is 4.56. The predicted molar refractivity (Wildman–Crippen MR) is 67.2 cm³/mol. The molecule has 0 aliphatic heterocycles. The van der Waals surface area contributed by atoms with Gasteiger partial charge in [-0.1, -0.05) is 17.4 Å². The van der Waals surface area contributed by atoms with E-state index in [1.807, 2.05) is 26.0 Å². The van der Waals surface area contributed by atoms with Gasteiger partial charge in [-0.3, -0.25) is 0 Å². The summed E-state index contributed by atoms with van der Waals surface area (Å²) < 4.78 is 5.63. The van der Waals surface area contributed by atoms with Crippen LogP contribution in [0.3, 0.4) is 0 Å². The smallest absolute Gasteiger partial charge is 0.218 e. The van der Waals surface area contributed by atoms with E-state index >= 15 is 0 Å². The van der Waals surface area contributed by atoms with Gasteiger partial charge in [0.05, 0.1) is 6.10 Å². The van der Waals surface area contributed by atoms with Gasteiger partial charge >= 0.3 is 0 Å².